The third-order valence-corrected chi connectivity index (χ3v) is 5.38. The van der Waals surface area contributed by atoms with Gasteiger partial charge in [0.05, 0.1) is 20.5 Å². The molecule has 0 saturated carbocycles. The fraction of sp³-hybridized carbons (Fsp3) is 0. The van der Waals surface area contributed by atoms with Gasteiger partial charge in [0.1, 0.15) is 4.90 Å². The van der Waals surface area contributed by atoms with Gasteiger partial charge < -0.3 is 4.52 Å². The lowest BCUT2D eigenvalue weighted by atomic mass is 10.2. The highest BCUT2D eigenvalue weighted by molar-refractivity contribution is 8.13. The summed E-state index contributed by atoms with van der Waals surface area (Å²) in [6.45, 7) is 0. The Labute approximate surface area is 160 Å². The van der Waals surface area contributed by atoms with Gasteiger partial charge in [-0.1, -0.05) is 28.4 Å². The van der Waals surface area contributed by atoms with Gasteiger partial charge in [-0.25, -0.2) is 8.42 Å². The number of nitrogens with zero attached hydrogens (tertiary/aromatic N) is 3. The number of nitro groups is 1. The van der Waals surface area contributed by atoms with Gasteiger partial charge in [-0.05, 0) is 24.3 Å². The van der Waals surface area contributed by atoms with Crippen LogP contribution >= 0.6 is 33.9 Å². The van der Waals surface area contributed by atoms with Crippen LogP contribution in [-0.2, 0) is 9.05 Å². The zero-order chi connectivity index (χ0) is 19.1. The molecule has 3 aromatic rings. The predicted molar refractivity (Wildman–Crippen MR) is 94.9 cm³/mol. The third kappa shape index (κ3) is 3.65. The Kier molecular flexibility index (Phi) is 4.89. The summed E-state index contributed by atoms with van der Waals surface area (Å²) in [6, 6.07) is 7.80. The molecule has 1 aromatic heterocycles. The topological polar surface area (TPSA) is 116 Å². The maximum absolute atomic E-state index is 11.6. The maximum Gasteiger partial charge on any atom is 0.269 e. The van der Waals surface area contributed by atoms with Crippen LogP contribution in [-0.4, -0.2) is 23.5 Å². The summed E-state index contributed by atoms with van der Waals surface area (Å²) in [5.41, 5.74) is 0.493. The maximum atomic E-state index is 11.6. The fourth-order valence-electron chi connectivity index (χ4n) is 2.06. The standard InChI is InChI=1S/C14H6Cl3N3O5S/c15-10-6-11(16)12(26(17,23)24)5-9(10)14-18-13(19-25-14)7-1-3-8(4-2-7)20(21)22/h1-6H. The van der Waals surface area contributed by atoms with Crippen LogP contribution in [0.15, 0.2) is 45.8 Å². The molecule has 1 heterocycles. The van der Waals surface area contributed by atoms with Gasteiger partial charge in [0.2, 0.25) is 5.82 Å². The molecular formula is C14H6Cl3N3O5S. The summed E-state index contributed by atoms with van der Waals surface area (Å²) >= 11 is 11.9. The minimum Gasteiger partial charge on any atom is -0.334 e. The van der Waals surface area contributed by atoms with E-state index in [0.29, 0.717) is 5.56 Å². The number of benzene rings is 2. The molecule has 0 amide bonds. The van der Waals surface area contributed by atoms with Crippen LogP contribution in [0, 0.1) is 10.1 Å². The average molecular weight is 435 g/mol. The van der Waals surface area contributed by atoms with Gasteiger partial charge in [-0.15, -0.1) is 0 Å². The minimum absolute atomic E-state index is 0.0680. The molecule has 12 heteroatoms. The monoisotopic (exact) mass is 433 g/mol. The van der Waals surface area contributed by atoms with Crippen molar-refractivity contribution in [2.24, 2.45) is 0 Å². The lowest BCUT2D eigenvalue weighted by molar-refractivity contribution is -0.384. The Morgan fingerprint density at radius 1 is 1.08 bits per heavy atom. The summed E-state index contributed by atoms with van der Waals surface area (Å²) in [5, 5.41) is 14.4. The van der Waals surface area contributed by atoms with E-state index in [4.69, 9.17) is 38.4 Å². The molecule has 2 aromatic carbocycles. The van der Waals surface area contributed by atoms with Crippen molar-refractivity contribution in [3.63, 3.8) is 0 Å². The van der Waals surface area contributed by atoms with Crippen molar-refractivity contribution >= 4 is 48.6 Å². The Morgan fingerprint density at radius 3 is 2.31 bits per heavy atom. The van der Waals surface area contributed by atoms with E-state index in [2.05, 4.69) is 10.1 Å². The van der Waals surface area contributed by atoms with Crippen molar-refractivity contribution in [2.75, 3.05) is 0 Å². The van der Waals surface area contributed by atoms with Crippen molar-refractivity contribution in [2.45, 2.75) is 4.90 Å². The van der Waals surface area contributed by atoms with Crippen LogP contribution in [0.1, 0.15) is 0 Å². The second-order valence-electron chi connectivity index (χ2n) is 4.93. The van der Waals surface area contributed by atoms with Crippen LogP contribution in [0.4, 0.5) is 5.69 Å². The van der Waals surface area contributed by atoms with Crippen LogP contribution < -0.4 is 0 Å². The second kappa shape index (κ2) is 6.84. The van der Waals surface area contributed by atoms with Gasteiger partial charge >= 0.3 is 0 Å². The SMILES string of the molecule is O=[N+]([O-])c1ccc(-c2noc(-c3cc(S(=O)(=O)Cl)c(Cl)cc3Cl)n2)cc1. The smallest absolute Gasteiger partial charge is 0.269 e. The Hall–Kier alpha value is -2.20. The molecule has 0 aliphatic carbocycles. The van der Waals surface area contributed by atoms with E-state index in [-0.39, 0.29) is 37.9 Å². The van der Waals surface area contributed by atoms with Crippen molar-refractivity contribution in [3.05, 3.63) is 56.6 Å². The second-order valence-corrected chi connectivity index (χ2v) is 8.28. The molecule has 0 spiro atoms. The van der Waals surface area contributed by atoms with Crippen LogP contribution in [0.25, 0.3) is 22.8 Å². The highest BCUT2D eigenvalue weighted by Crippen LogP contribution is 2.36. The van der Waals surface area contributed by atoms with Gasteiger partial charge in [-0.3, -0.25) is 10.1 Å². The zero-order valence-corrected chi connectivity index (χ0v) is 15.5. The largest absolute Gasteiger partial charge is 0.334 e. The Morgan fingerprint density at radius 2 is 1.73 bits per heavy atom. The van der Waals surface area contributed by atoms with Crippen molar-refractivity contribution in [1.29, 1.82) is 0 Å². The normalized spacial score (nSPS) is 11.5. The highest BCUT2D eigenvalue weighted by atomic mass is 35.7. The molecule has 0 saturated heterocycles. The number of aromatic nitrogens is 2. The molecule has 134 valence electrons. The average Bonchev–Trinajstić information content (AvgIpc) is 3.03. The number of non-ortho nitro benzene ring substituents is 1. The summed E-state index contributed by atoms with van der Waals surface area (Å²) in [7, 11) is 1.23. The molecule has 3 rings (SSSR count). The van der Waals surface area contributed by atoms with E-state index >= 15 is 0 Å². The summed E-state index contributed by atoms with van der Waals surface area (Å²) in [5.74, 6) is 0.0674. The molecule has 0 N–H and O–H groups in total. The first-order chi connectivity index (χ1) is 12.2. The zero-order valence-electron chi connectivity index (χ0n) is 12.4. The third-order valence-electron chi connectivity index (χ3n) is 3.28. The van der Waals surface area contributed by atoms with Crippen LogP contribution in [0.2, 0.25) is 10.0 Å². The molecular weight excluding hydrogens is 429 g/mol. The number of nitro benzene ring substituents is 1. The van der Waals surface area contributed by atoms with Gasteiger partial charge in [0.25, 0.3) is 20.6 Å². The minimum atomic E-state index is -4.11. The van der Waals surface area contributed by atoms with Gasteiger partial charge in [0, 0.05) is 28.4 Å². The lowest BCUT2D eigenvalue weighted by Gasteiger charge is -2.04. The first kappa shape index (κ1) is 18.6. The summed E-state index contributed by atoms with van der Waals surface area (Å²) < 4.78 is 28.3. The van der Waals surface area contributed by atoms with Crippen LogP contribution in [0.5, 0.6) is 0 Å². The van der Waals surface area contributed by atoms with Gasteiger partial charge in [0.15, 0.2) is 0 Å². The molecule has 0 bridgehead atoms. The van der Waals surface area contributed by atoms with Gasteiger partial charge in [-0.2, -0.15) is 4.98 Å². The van der Waals surface area contributed by atoms with E-state index in [9.17, 15) is 18.5 Å². The molecule has 26 heavy (non-hydrogen) atoms. The first-order valence-corrected chi connectivity index (χ1v) is 9.76. The summed E-state index contributed by atoms with van der Waals surface area (Å²) in [6.07, 6.45) is 0. The molecule has 0 radical (unpaired) electrons. The molecule has 0 unspecified atom stereocenters. The van der Waals surface area contributed by atoms with E-state index < -0.39 is 14.0 Å². The highest BCUT2D eigenvalue weighted by Gasteiger charge is 2.21. The molecule has 8 nitrogen and oxygen atoms in total. The molecule has 0 fully saturated rings. The molecule has 0 aliphatic heterocycles. The van der Waals surface area contributed by atoms with Crippen molar-refractivity contribution in [1.82, 2.24) is 10.1 Å². The predicted octanol–water partition coefficient (Wildman–Crippen LogP) is 4.55. The van der Waals surface area contributed by atoms with Crippen LogP contribution in [0.3, 0.4) is 0 Å². The Bertz CT molecular complexity index is 1110. The Balaban J connectivity index is 2.04. The van der Waals surface area contributed by atoms with E-state index in [0.717, 1.165) is 6.07 Å². The van der Waals surface area contributed by atoms with E-state index in [1.165, 1.54) is 30.3 Å². The quantitative estimate of drug-likeness (QED) is 0.336. The van der Waals surface area contributed by atoms with Crippen molar-refractivity contribution in [3.8, 4) is 22.8 Å². The molecule has 0 aliphatic rings. The fourth-order valence-corrected chi connectivity index (χ4v) is 3.88. The van der Waals surface area contributed by atoms with E-state index in [1.807, 2.05) is 0 Å². The summed E-state index contributed by atoms with van der Waals surface area (Å²) in [4.78, 5) is 13.9. The number of hydrogen-bond donors (Lipinski definition) is 0. The lowest BCUT2D eigenvalue weighted by Crippen LogP contribution is -1.94. The van der Waals surface area contributed by atoms with Crippen molar-refractivity contribution < 1.29 is 17.9 Å². The number of halogens is 3. The molecule has 0 atom stereocenters. The first-order valence-electron chi connectivity index (χ1n) is 6.69. The number of rotatable bonds is 4. The number of hydrogen-bond acceptors (Lipinski definition) is 7. The van der Waals surface area contributed by atoms with E-state index in [1.54, 1.807) is 0 Å².